The maximum absolute atomic E-state index is 10.7. The molecular weight excluding hydrogens is 363 g/mol. The maximum Gasteiger partial charge on any atom is 0.282 e. The van der Waals surface area contributed by atoms with Gasteiger partial charge < -0.3 is 5.32 Å². The molecule has 0 amide bonds. The zero-order valence-corrected chi connectivity index (χ0v) is 12.6. The number of hydrogen-bond donors (Lipinski definition) is 1. The molecule has 0 bridgehead atoms. The highest BCUT2D eigenvalue weighted by atomic mass is 127. The highest BCUT2D eigenvalue weighted by Gasteiger charge is 2.11. The Morgan fingerprint density at radius 1 is 1.44 bits per heavy atom. The van der Waals surface area contributed by atoms with Gasteiger partial charge in [0.2, 0.25) is 0 Å². The lowest BCUT2D eigenvalue weighted by Gasteiger charge is -2.06. The van der Waals surface area contributed by atoms with Gasteiger partial charge in [-0.2, -0.15) is 11.3 Å². The van der Waals surface area contributed by atoms with Crippen LogP contribution in [0.5, 0.6) is 0 Å². The van der Waals surface area contributed by atoms with Gasteiger partial charge in [-0.15, -0.1) is 0 Å². The Kier molecular flexibility index (Phi) is 4.18. The van der Waals surface area contributed by atoms with Gasteiger partial charge in [0.1, 0.15) is 0 Å². The molecule has 0 spiro atoms. The number of nitrogens with zero attached hydrogens (tertiary/aromatic N) is 1. The topological polar surface area (TPSA) is 55.2 Å². The second-order valence-corrected chi connectivity index (χ2v) is 5.76. The second-order valence-electron chi connectivity index (χ2n) is 3.86. The number of halogens is 1. The van der Waals surface area contributed by atoms with Gasteiger partial charge in [0, 0.05) is 18.3 Å². The molecule has 2 aromatic rings. The number of nitro benzene ring substituents is 1. The van der Waals surface area contributed by atoms with E-state index >= 15 is 0 Å². The Bertz CT molecular complexity index is 583. The summed E-state index contributed by atoms with van der Waals surface area (Å²) in [4.78, 5) is 10.3. The van der Waals surface area contributed by atoms with E-state index in [0.29, 0.717) is 3.57 Å². The lowest BCUT2D eigenvalue weighted by Crippen LogP contribution is -2.00. The molecule has 4 nitrogen and oxygen atoms in total. The Morgan fingerprint density at radius 3 is 2.78 bits per heavy atom. The van der Waals surface area contributed by atoms with E-state index in [1.165, 1.54) is 17.2 Å². The summed E-state index contributed by atoms with van der Waals surface area (Å²) >= 11 is 3.66. The van der Waals surface area contributed by atoms with E-state index in [4.69, 9.17) is 0 Å². The van der Waals surface area contributed by atoms with Crippen molar-refractivity contribution >= 4 is 45.3 Å². The normalized spacial score (nSPS) is 10.3. The SMILES string of the molecule is Cc1cscc1CNc1ccc([N+](=O)[O-])c(I)c1. The molecule has 18 heavy (non-hydrogen) atoms. The first-order valence-electron chi connectivity index (χ1n) is 5.27. The van der Waals surface area contributed by atoms with E-state index in [0.717, 1.165) is 12.2 Å². The minimum Gasteiger partial charge on any atom is -0.381 e. The van der Waals surface area contributed by atoms with Crippen molar-refractivity contribution < 1.29 is 4.92 Å². The van der Waals surface area contributed by atoms with Crippen LogP contribution in [0.3, 0.4) is 0 Å². The Hall–Kier alpha value is -1.15. The Balaban J connectivity index is 2.09. The summed E-state index contributed by atoms with van der Waals surface area (Å²) in [5.74, 6) is 0. The number of anilines is 1. The van der Waals surface area contributed by atoms with Crippen LogP contribution in [0.1, 0.15) is 11.1 Å². The summed E-state index contributed by atoms with van der Waals surface area (Å²) in [6, 6.07) is 5.06. The summed E-state index contributed by atoms with van der Waals surface area (Å²) < 4.78 is 0.643. The fourth-order valence-corrected chi connectivity index (χ4v) is 3.10. The molecule has 6 heteroatoms. The van der Waals surface area contributed by atoms with Gasteiger partial charge in [-0.1, -0.05) is 0 Å². The zero-order valence-electron chi connectivity index (χ0n) is 9.64. The first-order valence-corrected chi connectivity index (χ1v) is 7.29. The molecule has 0 aliphatic heterocycles. The molecule has 0 aliphatic carbocycles. The molecule has 0 aliphatic rings. The average molecular weight is 374 g/mol. The van der Waals surface area contributed by atoms with Gasteiger partial charge >= 0.3 is 0 Å². The van der Waals surface area contributed by atoms with Crippen LogP contribution in [0.4, 0.5) is 11.4 Å². The second kappa shape index (κ2) is 5.66. The van der Waals surface area contributed by atoms with Gasteiger partial charge in [0.15, 0.2) is 0 Å². The zero-order chi connectivity index (χ0) is 13.1. The Morgan fingerprint density at radius 2 is 2.22 bits per heavy atom. The first kappa shape index (κ1) is 13.3. The maximum atomic E-state index is 10.7. The molecule has 0 saturated carbocycles. The molecule has 1 heterocycles. The van der Waals surface area contributed by atoms with Crippen molar-refractivity contribution in [2.75, 3.05) is 5.32 Å². The molecule has 0 atom stereocenters. The van der Waals surface area contributed by atoms with Gasteiger partial charge in [-0.05, 0) is 63.5 Å². The van der Waals surface area contributed by atoms with E-state index in [-0.39, 0.29) is 10.6 Å². The van der Waals surface area contributed by atoms with Gasteiger partial charge in [-0.25, -0.2) is 0 Å². The van der Waals surface area contributed by atoms with Crippen molar-refractivity contribution in [3.8, 4) is 0 Å². The van der Waals surface area contributed by atoms with Crippen molar-refractivity contribution in [2.45, 2.75) is 13.5 Å². The highest BCUT2D eigenvalue weighted by molar-refractivity contribution is 14.1. The van der Waals surface area contributed by atoms with E-state index in [1.54, 1.807) is 23.5 Å². The van der Waals surface area contributed by atoms with Crippen molar-refractivity contribution in [2.24, 2.45) is 0 Å². The molecule has 1 N–H and O–H groups in total. The van der Waals surface area contributed by atoms with Gasteiger partial charge in [0.25, 0.3) is 5.69 Å². The van der Waals surface area contributed by atoms with Crippen LogP contribution < -0.4 is 5.32 Å². The van der Waals surface area contributed by atoms with Crippen LogP contribution in [0.25, 0.3) is 0 Å². The predicted molar refractivity (Wildman–Crippen MR) is 82.2 cm³/mol. The predicted octanol–water partition coefficient (Wildman–Crippen LogP) is 4.18. The Labute approximate surface area is 122 Å². The lowest BCUT2D eigenvalue weighted by atomic mass is 10.2. The third-order valence-electron chi connectivity index (χ3n) is 2.59. The fourth-order valence-electron chi connectivity index (χ4n) is 1.53. The summed E-state index contributed by atoms with van der Waals surface area (Å²) in [6.07, 6.45) is 0. The lowest BCUT2D eigenvalue weighted by molar-refractivity contribution is -0.385. The quantitative estimate of drug-likeness (QED) is 0.496. The molecule has 0 saturated heterocycles. The van der Waals surface area contributed by atoms with Crippen LogP contribution in [-0.4, -0.2) is 4.92 Å². The summed E-state index contributed by atoms with van der Waals surface area (Å²) in [5, 5.41) is 18.2. The highest BCUT2D eigenvalue weighted by Crippen LogP contribution is 2.24. The van der Waals surface area contributed by atoms with E-state index in [1.807, 2.05) is 22.6 Å². The molecule has 1 aromatic carbocycles. The molecule has 0 unspecified atom stereocenters. The smallest absolute Gasteiger partial charge is 0.282 e. The van der Waals surface area contributed by atoms with Crippen molar-refractivity contribution in [1.29, 1.82) is 0 Å². The number of aryl methyl sites for hydroxylation is 1. The number of thiophene rings is 1. The molecule has 0 radical (unpaired) electrons. The van der Waals surface area contributed by atoms with Crippen LogP contribution >= 0.6 is 33.9 Å². The standard InChI is InChI=1S/C12H11IN2O2S/c1-8-6-18-7-9(8)5-14-10-2-3-12(15(16)17)11(13)4-10/h2-4,6-7,14H,5H2,1H3. The van der Waals surface area contributed by atoms with E-state index in [9.17, 15) is 10.1 Å². The van der Waals surface area contributed by atoms with E-state index < -0.39 is 0 Å². The number of nitro groups is 1. The number of hydrogen-bond acceptors (Lipinski definition) is 4. The summed E-state index contributed by atoms with van der Waals surface area (Å²) in [7, 11) is 0. The number of rotatable bonds is 4. The van der Waals surface area contributed by atoms with Crippen molar-refractivity contribution in [3.63, 3.8) is 0 Å². The van der Waals surface area contributed by atoms with Crippen molar-refractivity contribution in [3.05, 3.63) is 53.8 Å². The molecule has 1 aromatic heterocycles. The number of nitrogens with one attached hydrogen (secondary N) is 1. The number of benzene rings is 1. The van der Waals surface area contributed by atoms with Crippen LogP contribution in [0, 0.1) is 20.6 Å². The van der Waals surface area contributed by atoms with Gasteiger partial charge in [-0.3, -0.25) is 10.1 Å². The summed E-state index contributed by atoms with van der Waals surface area (Å²) in [5.41, 5.74) is 3.57. The molecular formula is C12H11IN2O2S. The average Bonchev–Trinajstić information content (AvgIpc) is 2.72. The fraction of sp³-hybridized carbons (Fsp3) is 0.167. The van der Waals surface area contributed by atoms with Crippen LogP contribution in [-0.2, 0) is 6.54 Å². The monoisotopic (exact) mass is 374 g/mol. The minimum absolute atomic E-state index is 0.146. The van der Waals surface area contributed by atoms with Crippen molar-refractivity contribution in [1.82, 2.24) is 0 Å². The van der Waals surface area contributed by atoms with Crippen LogP contribution in [0.15, 0.2) is 29.0 Å². The molecule has 94 valence electrons. The molecule has 0 fully saturated rings. The van der Waals surface area contributed by atoms with Gasteiger partial charge in [0.05, 0.1) is 8.49 Å². The molecule has 2 rings (SSSR count). The minimum atomic E-state index is -0.366. The largest absolute Gasteiger partial charge is 0.381 e. The van der Waals surface area contributed by atoms with E-state index in [2.05, 4.69) is 23.0 Å². The van der Waals surface area contributed by atoms with Crippen LogP contribution in [0.2, 0.25) is 0 Å². The summed E-state index contributed by atoms with van der Waals surface area (Å²) in [6.45, 7) is 2.82. The third kappa shape index (κ3) is 2.99. The third-order valence-corrected chi connectivity index (χ3v) is 4.36. The first-order chi connectivity index (χ1) is 8.58.